The molecule has 0 aromatic carbocycles. The van der Waals surface area contributed by atoms with E-state index in [4.69, 9.17) is 4.74 Å². The highest BCUT2D eigenvalue weighted by molar-refractivity contribution is 5.91. The highest BCUT2D eigenvalue weighted by atomic mass is 16.6. The Morgan fingerprint density at radius 1 is 1.39 bits per heavy atom. The Hall–Kier alpha value is -1.35. The summed E-state index contributed by atoms with van der Waals surface area (Å²) in [5.74, 6) is -0.692. The molecular weight excluding hydrogens is 228 g/mol. The Labute approximate surface area is 108 Å². The molecule has 0 unspecified atom stereocenters. The van der Waals surface area contributed by atoms with Gasteiger partial charge in [-0.1, -0.05) is 23.8 Å². The Kier molecular flexibility index (Phi) is 3.71. The lowest BCUT2D eigenvalue weighted by Crippen LogP contribution is -2.28. The topological polar surface area (TPSA) is 46.5 Å². The molecule has 1 N–H and O–H groups in total. The predicted octanol–water partition coefficient (Wildman–Crippen LogP) is 2.52. The van der Waals surface area contributed by atoms with Crippen LogP contribution in [-0.4, -0.2) is 23.3 Å². The molecule has 3 nitrogen and oxygen atoms in total. The van der Waals surface area contributed by atoms with Gasteiger partial charge in [0.25, 0.3) is 0 Å². The van der Waals surface area contributed by atoms with Crippen molar-refractivity contribution in [3.63, 3.8) is 0 Å². The molecule has 0 amide bonds. The third-order valence-electron chi connectivity index (χ3n) is 3.69. The zero-order chi connectivity index (χ0) is 13.3. The number of esters is 1. The van der Waals surface area contributed by atoms with Gasteiger partial charge in [-0.25, -0.2) is 4.79 Å². The van der Waals surface area contributed by atoms with E-state index < -0.39 is 6.10 Å². The first-order valence-corrected chi connectivity index (χ1v) is 6.40. The van der Waals surface area contributed by atoms with Gasteiger partial charge in [-0.05, 0) is 39.2 Å². The maximum Gasteiger partial charge on any atom is 0.334 e. The fraction of sp³-hybridized carbons (Fsp3) is 0.533. The fourth-order valence-corrected chi connectivity index (χ4v) is 2.65. The van der Waals surface area contributed by atoms with E-state index in [1.807, 2.05) is 19.9 Å². The molecule has 1 saturated heterocycles. The number of hydrogen-bond acceptors (Lipinski definition) is 3. The lowest BCUT2D eigenvalue weighted by Gasteiger charge is -2.23. The van der Waals surface area contributed by atoms with Gasteiger partial charge in [0.15, 0.2) is 0 Å². The predicted molar refractivity (Wildman–Crippen MR) is 69.9 cm³/mol. The molecule has 98 valence electrons. The lowest BCUT2D eigenvalue weighted by molar-refractivity contribution is -0.137. The molecule has 0 radical (unpaired) electrons. The molecule has 3 heteroatoms. The number of carbonyl (C=O) groups is 1. The number of rotatable bonds is 0. The van der Waals surface area contributed by atoms with Gasteiger partial charge in [0.2, 0.25) is 0 Å². The molecular formula is C15H20O3. The minimum absolute atomic E-state index is 0.311. The third kappa shape index (κ3) is 2.56. The lowest BCUT2D eigenvalue weighted by atomic mass is 9.86. The minimum Gasteiger partial charge on any atom is -0.454 e. The molecule has 1 fully saturated rings. The van der Waals surface area contributed by atoms with Crippen LogP contribution in [0.5, 0.6) is 0 Å². The Morgan fingerprint density at radius 2 is 2.11 bits per heavy atom. The van der Waals surface area contributed by atoms with Crippen molar-refractivity contribution >= 4 is 5.97 Å². The van der Waals surface area contributed by atoms with Gasteiger partial charge in [-0.2, -0.15) is 0 Å². The van der Waals surface area contributed by atoms with Crippen molar-refractivity contribution in [1.29, 1.82) is 0 Å². The smallest absolute Gasteiger partial charge is 0.334 e. The number of allylic oxidation sites excluding steroid dienone is 2. The summed E-state index contributed by atoms with van der Waals surface area (Å²) in [6.07, 6.45) is 5.65. The third-order valence-corrected chi connectivity index (χ3v) is 3.69. The van der Waals surface area contributed by atoms with E-state index in [1.165, 1.54) is 5.57 Å². The van der Waals surface area contributed by atoms with E-state index in [2.05, 4.69) is 12.7 Å². The fourth-order valence-electron chi connectivity index (χ4n) is 2.65. The highest BCUT2D eigenvalue weighted by Gasteiger charge is 2.41. The van der Waals surface area contributed by atoms with Crippen molar-refractivity contribution in [2.24, 2.45) is 5.92 Å². The van der Waals surface area contributed by atoms with E-state index in [-0.39, 0.29) is 18.0 Å². The molecule has 0 aromatic heterocycles. The number of fused-ring (bicyclic) bond motifs is 1. The molecule has 3 atom stereocenters. The zero-order valence-corrected chi connectivity index (χ0v) is 11.0. The second-order valence-electron chi connectivity index (χ2n) is 5.29. The number of aliphatic hydroxyl groups excluding tert-OH is 1. The summed E-state index contributed by atoms with van der Waals surface area (Å²) in [4.78, 5) is 11.6. The van der Waals surface area contributed by atoms with Crippen molar-refractivity contribution in [2.75, 3.05) is 0 Å². The van der Waals surface area contributed by atoms with Crippen LogP contribution in [0.4, 0.5) is 0 Å². The molecule has 1 heterocycles. The number of aliphatic hydroxyl groups is 1. The van der Waals surface area contributed by atoms with Crippen LogP contribution in [0.3, 0.4) is 0 Å². The van der Waals surface area contributed by atoms with Gasteiger partial charge in [-0.3, -0.25) is 0 Å². The van der Waals surface area contributed by atoms with Gasteiger partial charge in [0, 0.05) is 5.57 Å². The second-order valence-corrected chi connectivity index (χ2v) is 5.29. The van der Waals surface area contributed by atoms with Gasteiger partial charge >= 0.3 is 5.97 Å². The van der Waals surface area contributed by atoms with Crippen molar-refractivity contribution in [3.8, 4) is 0 Å². The quantitative estimate of drug-likeness (QED) is 0.407. The maximum atomic E-state index is 11.6. The molecule has 0 spiro atoms. The number of ether oxygens (including phenoxy) is 1. The summed E-state index contributed by atoms with van der Waals surface area (Å²) in [6, 6.07) is 0. The first-order chi connectivity index (χ1) is 8.49. The van der Waals surface area contributed by atoms with Crippen molar-refractivity contribution in [1.82, 2.24) is 0 Å². The summed E-state index contributed by atoms with van der Waals surface area (Å²) < 4.78 is 5.29. The van der Waals surface area contributed by atoms with E-state index in [9.17, 15) is 9.90 Å². The largest absolute Gasteiger partial charge is 0.454 e. The molecule has 2 rings (SSSR count). The SMILES string of the molecule is C=C1C(=O)O[C@H]2C=C(C)CCC=C(C)C[C@H](O)[C@@H]12. The molecule has 1 aliphatic carbocycles. The highest BCUT2D eigenvalue weighted by Crippen LogP contribution is 2.34. The number of hydrogen-bond donors (Lipinski definition) is 1. The van der Waals surface area contributed by atoms with Gasteiger partial charge in [0.1, 0.15) is 6.10 Å². The summed E-state index contributed by atoms with van der Waals surface area (Å²) in [6.45, 7) is 7.81. The summed E-state index contributed by atoms with van der Waals surface area (Å²) in [5.41, 5.74) is 2.73. The van der Waals surface area contributed by atoms with Crippen LogP contribution in [0, 0.1) is 5.92 Å². The molecule has 0 saturated carbocycles. The average Bonchev–Trinajstić information content (AvgIpc) is 2.53. The maximum absolute atomic E-state index is 11.6. The minimum atomic E-state index is -0.604. The molecule has 2 aliphatic rings. The van der Waals surface area contributed by atoms with E-state index >= 15 is 0 Å². The van der Waals surface area contributed by atoms with Crippen LogP contribution in [0.2, 0.25) is 0 Å². The molecule has 1 aliphatic heterocycles. The van der Waals surface area contributed by atoms with E-state index in [0.29, 0.717) is 12.0 Å². The Balaban J connectivity index is 2.33. The summed E-state index contributed by atoms with van der Waals surface area (Å²) in [5, 5.41) is 10.3. The number of carbonyl (C=O) groups excluding carboxylic acids is 1. The molecule has 0 bridgehead atoms. The standard InChI is InChI=1S/C15H20O3/c1-9-5-4-6-10(2)8-13-14(12(16)7-9)11(3)15(17)18-13/h5,8,12-14,16H,3-4,6-7H2,1-2H3/t12-,13-,14+/m0/s1. The van der Waals surface area contributed by atoms with Gasteiger partial charge in [0.05, 0.1) is 12.0 Å². The average molecular weight is 248 g/mol. The molecule has 18 heavy (non-hydrogen) atoms. The van der Waals surface area contributed by atoms with Crippen LogP contribution in [0.15, 0.2) is 35.5 Å². The van der Waals surface area contributed by atoms with Crippen molar-refractivity contribution in [2.45, 2.75) is 45.3 Å². The van der Waals surface area contributed by atoms with E-state index in [1.54, 1.807) is 0 Å². The Morgan fingerprint density at radius 3 is 2.83 bits per heavy atom. The van der Waals surface area contributed by atoms with Crippen molar-refractivity contribution in [3.05, 3.63) is 35.5 Å². The van der Waals surface area contributed by atoms with E-state index in [0.717, 1.165) is 18.4 Å². The Bertz CT molecular complexity index is 431. The van der Waals surface area contributed by atoms with Crippen molar-refractivity contribution < 1.29 is 14.6 Å². The second kappa shape index (κ2) is 5.11. The zero-order valence-electron chi connectivity index (χ0n) is 11.0. The monoisotopic (exact) mass is 248 g/mol. The summed E-state index contributed by atoms with van der Waals surface area (Å²) >= 11 is 0. The van der Waals surface area contributed by atoms with Gasteiger partial charge < -0.3 is 9.84 Å². The van der Waals surface area contributed by atoms with Crippen LogP contribution in [-0.2, 0) is 9.53 Å². The summed E-state index contributed by atoms with van der Waals surface area (Å²) in [7, 11) is 0. The van der Waals surface area contributed by atoms with Crippen LogP contribution in [0.1, 0.15) is 33.1 Å². The first kappa shape index (κ1) is 13.1. The molecule has 0 aromatic rings. The van der Waals surface area contributed by atoms with Gasteiger partial charge in [-0.15, -0.1) is 0 Å². The van der Waals surface area contributed by atoms with Crippen LogP contribution in [0.25, 0.3) is 0 Å². The normalized spacial score (nSPS) is 33.4. The van der Waals surface area contributed by atoms with Crippen LogP contribution < -0.4 is 0 Å². The van der Waals surface area contributed by atoms with Crippen LogP contribution >= 0.6 is 0 Å². The first-order valence-electron chi connectivity index (χ1n) is 6.40.